The smallest absolute Gasteiger partial charge is 0.412 e. The van der Waals surface area contributed by atoms with Crippen LogP contribution in [-0.2, 0) is 9.53 Å². The van der Waals surface area contributed by atoms with Crippen molar-refractivity contribution in [1.29, 1.82) is 0 Å². The maximum absolute atomic E-state index is 13.2. The third-order valence-electron chi connectivity index (χ3n) is 5.87. The summed E-state index contributed by atoms with van der Waals surface area (Å²) in [5, 5.41) is 14.8. The van der Waals surface area contributed by atoms with Gasteiger partial charge in [0.25, 0.3) is 0 Å². The second-order valence-electron chi connectivity index (χ2n) is 8.90. The molecule has 42 heavy (non-hydrogen) atoms. The molecular weight excluding hydrogens is 602 g/mol. The molecule has 0 unspecified atom stereocenters. The normalized spacial score (nSPS) is 12.2. The summed E-state index contributed by atoms with van der Waals surface area (Å²) < 4.78 is 18.8. The van der Waals surface area contributed by atoms with Gasteiger partial charge < -0.3 is 30.4 Å². The van der Waals surface area contributed by atoms with Gasteiger partial charge in [-0.15, -0.1) is 0 Å². The van der Waals surface area contributed by atoms with Gasteiger partial charge in [0.1, 0.15) is 18.1 Å². The van der Waals surface area contributed by atoms with E-state index in [0.29, 0.717) is 34.1 Å². The fourth-order valence-electron chi connectivity index (χ4n) is 3.93. The molecule has 4 rings (SSSR count). The summed E-state index contributed by atoms with van der Waals surface area (Å²) in [7, 11) is 0. The lowest BCUT2D eigenvalue weighted by Crippen LogP contribution is -2.30. The molecule has 9 nitrogen and oxygen atoms in total. The van der Waals surface area contributed by atoms with Crippen LogP contribution in [0.3, 0.4) is 0 Å². The average molecular weight is 633 g/mol. The van der Waals surface area contributed by atoms with Crippen molar-refractivity contribution in [3.8, 4) is 11.5 Å². The highest BCUT2D eigenvalue weighted by atomic mass is 79.9. The van der Waals surface area contributed by atoms with Crippen LogP contribution in [0.25, 0.3) is 0 Å². The number of benzene rings is 4. The summed E-state index contributed by atoms with van der Waals surface area (Å²) in [6.07, 6.45) is -0.0275. The van der Waals surface area contributed by atoms with E-state index in [2.05, 4.69) is 26.6 Å². The van der Waals surface area contributed by atoms with Gasteiger partial charge in [0.05, 0.1) is 18.0 Å². The molecule has 2 atom stereocenters. The molecule has 4 aromatic carbocycles. The van der Waals surface area contributed by atoms with Crippen LogP contribution in [0.2, 0.25) is 0 Å². The van der Waals surface area contributed by atoms with Crippen LogP contribution < -0.4 is 25.8 Å². The van der Waals surface area contributed by atoms with Crippen LogP contribution >= 0.6 is 15.9 Å². The minimum atomic E-state index is -1.08. The second-order valence-corrected chi connectivity index (χ2v) is 9.81. The molecule has 0 saturated carbocycles. The molecule has 0 aromatic heterocycles. The third kappa shape index (κ3) is 8.85. The van der Waals surface area contributed by atoms with E-state index in [1.165, 1.54) is 12.2 Å². The van der Waals surface area contributed by atoms with Gasteiger partial charge in [-0.3, -0.25) is 10.1 Å². The maximum atomic E-state index is 13.2. The van der Waals surface area contributed by atoms with Gasteiger partial charge >= 0.3 is 6.09 Å². The molecule has 0 saturated heterocycles. The van der Waals surface area contributed by atoms with Crippen molar-refractivity contribution >= 4 is 45.0 Å². The number of anilines is 3. The Morgan fingerprint density at radius 3 is 2.31 bits per heavy atom. The number of hydrogen-bond donors (Lipinski definition) is 4. The van der Waals surface area contributed by atoms with Crippen LogP contribution in [-0.4, -0.2) is 36.4 Å². The fraction of sp³-hybridized carbons (Fsp3) is 0.125. The van der Waals surface area contributed by atoms with Crippen LogP contribution in [0.5, 0.6) is 11.5 Å². The summed E-state index contributed by atoms with van der Waals surface area (Å²) >= 11 is 3.38. The lowest BCUT2D eigenvalue weighted by Gasteiger charge is -2.27. The summed E-state index contributed by atoms with van der Waals surface area (Å²) in [6.45, 7) is -0.188. The first kappa shape index (κ1) is 30.2. The Morgan fingerprint density at radius 2 is 1.57 bits per heavy atom. The van der Waals surface area contributed by atoms with Crippen LogP contribution in [0.15, 0.2) is 120 Å². The molecule has 0 bridgehead atoms. The van der Waals surface area contributed by atoms with E-state index >= 15 is 0 Å². The van der Waals surface area contributed by atoms with Crippen molar-refractivity contribution in [2.24, 2.45) is 0 Å². The average Bonchev–Trinajstić information content (AvgIpc) is 3.00. The fourth-order valence-corrected chi connectivity index (χ4v) is 4.20. The van der Waals surface area contributed by atoms with Crippen LogP contribution in [0.4, 0.5) is 21.9 Å². The molecule has 4 aromatic rings. The van der Waals surface area contributed by atoms with Crippen molar-refractivity contribution in [3.05, 3.63) is 125 Å². The van der Waals surface area contributed by atoms with Gasteiger partial charge in [-0.1, -0.05) is 64.5 Å². The van der Waals surface area contributed by atoms with Crippen LogP contribution in [0.1, 0.15) is 11.7 Å². The summed E-state index contributed by atoms with van der Waals surface area (Å²) in [6, 6.07) is 29.8. The lowest BCUT2D eigenvalue weighted by atomic mass is 10.0. The van der Waals surface area contributed by atoms with E-state index in [-0.39, 0.29) is 13.2 Å². The number of nitrogens with two attached hydrogens (primary N) is 1. The molecule has 0 aliphatic rings. The molecule has 0 aliphatic carbocycles. The summed E-state index contributed by atoms with van der Waals surface area (Å²) in [5.74, 6) is 0.401. The Kier molecular flexibility index (Phi) is 11.0. The third-order valence-corrected chi connectivity index (χ3v) is 6.40. The molecular formula is C32H30BrN3O6. The molecule has 5 N–H and O–H groups in total. The Bertz CT molecular complexity index is 1500. The Balaban J connectivity index is 1.68. The van der Waals surface area contributed by atoms with E-state index in [4.69, 9.17) is 19.9 Å². The standard InChI is InChI=1S/C32H30BrN3O6/c33-22-14-16-23(17-15-22)35-32(39)42-31(25-10-4-7-13-28(25)40-21-20-37)29(41-24-8-2-1-3-9-24)18-19-30(38)36-27-12-6-5-11-26(27)34/h1-19,29,31,37H,20-21,34H2,(H,35,39)(H,36,38)/b19-18+/t29-,31-/m1/s1. The first-order valence-corrected chi connectivity index (χ1v) is 13.8. The minimum Gasteiger partial charge on any atom is -0.491 e. The van der Waals surface area contributed by atoms with Gasteiger partial charge in [-0.2, -0.15) is 0 Å². The SMILES string of the molecule is Nc1ccccc1NC(=O)/C=C/[C@@H](Oc1ccccc1)[C@H](OC(=O)Nc1ccc(Br)cc1)c1ccccc1OCCO. The quantitative estimate of drug-likeness (QED) is 0.106. The number of aliphatic hydroxyl groups excluding tert-OH is 1. The van der Waals surface area contributed by atoms with E-state index < -0.39 is 24.2 Å². The molecule has 0 fully saturated rings. The zero-order valence-corrected chi connectivity index (χ0v) is 24.1. The molecule has 0 radical (unpaired) electrons. The second kappa shape index (κ2) is 15.3. The number of amides is 2. The number of nitrogens with one attached hydrogen (secondary N) is 2. The topological polar surface area (TPSA) is 132 Å². The predicted octanol–water partition coefficient (Wildman–Crippen LogP) is 6.33. The molecule has 2 amide bonds. The number of rotatable bonds is 12. The van der Waals surface area contributed by atoms with Gasteiger partial charge in [0, 0.05) is 21.8 Å². The molecule has 10 heteroatoms. The highest BCUT2D eigenvalue weighted by molar-refractivity contribution is 9.10. The van der Waals surface area contributed by atoms with Gasteiger partial charge in [0.15, 0.2) is 12.2 Å². The number of carbonyl (C=O) groups is 2. The number of para-hydroxylation sites is 4. The molecule has 0 aliphatic heterocycles. The van der Waals surface area contributed by atoms with Gasteiger partial charge in [-0.25, -0.2) is 4.79 Å². The van der Waals surface area contributed by atoms with Gasteiger partial charge in [0.2, 0.25) is 5.91 Å². The molecule has 0 spiro atoms. The highest BCUT2D eigenvalue weighted by Gasteiger charge is 2.30. The Hall–Kier alpha value is -4.80. The van der Waals surface area contributed by atoms with Gasteiger partial charge in [-0.05, 0) is 60.7 Å². The Labute approximate surface area is 252 Å². The largest absolute Gasteiger partial charge is 0.491 e. The van der Waals surface area contributed by atoms with Crippen molar-refractivity contribution in [1.82, 2.24) is 0 Å². The Morgan fingerprint density at radius 1 is 0.881 bits per heavy atom. The number of aliphatic hydroxyl groups is 1. The van der Waals surface area contributed by atoms with Crippen LogP contribution in [0, 0.1) is 0 Å². The number of halogens is 1. The van der Waals surface area contributed by atoms with E-state index in [0.717, 1.165) is 4.47 Å². The van der Waals surface area contributed by atoms with Crippen molar-refractivity contribution in [2.45, 2.75) is 12.2 Å². The lowest BCUT2D eigenvalue weighted by molar-refractivity contribution is -0.112. The number of hydrogen-bond acceptors (Lipinski definition) is 7. The monoisotopic (exact) mass is 631 g/mol. The highest BCUT2D eigenvalue weighted by Crippen LogP contribution is 2.33. The zero-order chi connectivity index (χ0) is 29.7. The first-order valence-electron chi connectivity index (χ1n) is 13.0. The van der Waals surface area contributed by atoms with Crippen molar-refractivity contribution in [2.75, 3.05) is 29.6 Å². The van der Waals surface area contributed by atoms with E-state index in [1.807, 2.05) is 6.07 Å². The molecule has 216 valence electrons. The summed E-state index contributed by atoms with van der Waals surface area (Å²) in [5.41, 5.74) is 7.83. The number of carbonyl (C=O) groups excluding carboxylic acids is 2. The molecule has 0 heterocycles. The number of ether oxygens (including phenoxy) is 3. The van der Waals surface area contributed by atoms with E-state index in [9.17, 15) is 14.7 Å². The summed E-state index contributed by atoms with van der Waals surface area (Å²) in [4.78, 5) is 26.1. The minimum absolute atomic E-state index is 0.0236. The zero-order valence-electron chi connectivity index (χ0n) is 22.5. The predicted molar refractivity (Wildman–Crippen MR) is 165 cm³/mol. The first-order chi connectivity index (χ1) is 20.4. The van der Waals surface area contributed by atoms with Crippen molar-refractivity contribution < 1.29 is 28.9 Å². The van der Waals surface area contributed by atoms with Crippen molar-refractivity contribution in [3.63, 3.8) is 0 Å². The maximum Gasteiger partial charge on any atom is 0.412 e. The number of nitrogen functional groups attached to an aromatic ring is 1. The van der Waals surface area contributed by atoms with E-state index in [1.54, 1.807) is 97.1 Å².